The van der Waals surface area contributed by atoms with Crippen LogP contribution < -0.4 is 0 Å². The maximum Gasteiger partial charge on any atom is 0.184 e. The maximum atomic E-state index is 9.93. The second-order valence-corrected chi connectivity index (χ2v) is 5.29. The lowest BCUT2D eigenvalue weighted by molar-refractivity contribution is -0.335. The Bertz CT molecular complexity index is 312. The van der Waals surface area contributed by atoms with Gasteiger partial charge in [0.25, 0.3) is 0 Å². The van der Waals surface area contributed by atoms with Crippen molar-refractivity contribution in [3.8, 4) is 0 Å². The van der Waals surface area contributed by atoms with Crippen LogP contribution in [0.1, 0.15) is 19.8 Å². The highest BCUT2D eigenvalue weighted by atomic mass is 16.7. The zero-order chi connectivity index (χ0) is 14.9. The first kappa shape index (κ1) is 16.1. The van der Waals surface area contributed by atoms with Gasteiger partial charge in [-0.2, -0.15) is 0 Å². The number of aliphatic hydroxyl groups is 5. The van der Waals surface area contributed by atoms with E-state index in [0.717, 1.165) is 0 Å². The molecule has 0 aliphatic carbocycles. The minimum absolute atomic E-state index is 0.104. The highest BCUT2D eigenvalue weighted by molar-refractivity contribution is 4.90. The van der Waals surface area contributed by atoms with Gasteiger partial charge in [-0.1, -0.05) is 0 Å². The molecule has 8 unspecified atom stereocenters. The van der Waals surface area contributed by atoms with Crippen LogP contribution in [0.5, 0.6) is 0 Å². The van der Waals surface area contributed by atoms with E-state index >= 15 is 0 Å². The smallest absolute Gasteiger partial charge is 0.184 e. The molecule has 0 amide bonds. The fourth-order valence-corrected chi connectivity index (χ4v) is 2.44. The normalized spacial score (nSPS) is 50.1. The van der Waals surface area contributed by atoms with Crippen molar-refractivity contribution in [3.63, 3.8) is 0 Å². The average molecular weight is 294 g/mol. The first-order valence-electron chi connectivity index (χ1n) is 6.73. The minimum atomic E-state index is -1.60. The van der Waals surface area contributed by atoms with Gasteiger partial charge in [-0.3, -0.25) is 0 Å². The van der Waals surface area contributed by atoms with E-state index < -0.39 is 49.7 Å². The van der Waals surface area contributed by atoms with Crippen molar-refractivity contribution in [1.82, 2.24) is 0 Å². The number of hydrogen-bond acceptors (Lipinski definition) is 8. The summed E-state index contributed by atoms with van der Waals surface area (Å²) in [6.45, 7) is 1.32. The second kappa shape index (κ2) is 6.63. The molecule has 0 saturated carbocycles. The highest BCUT2D eigenvalue weighted by Gasteiger charge is 2.46. The van der Waals surface area contributed by atoms with E-state index in [4.69, 9.17) is 14.2 Å². The van der Waals surface area contributed by atoms with Crippen LogP contribution in [-0.2, 0) is 14.2 Å². The fourth-order valence-electron chi connectivity index (χ4n) is 2.44. The molecule has 0 aromatic rings. The van der Waals surface area contributed by atoms with Crippen molar-refractivity contribution in [2.45, 2.75) is 69.0 Å². The Morgan fingerprint density at radius 3 is 2.40 bits per heavy atom. The number of ether oxygens (including phenoxy) is 3. The standard InChI is InChI=1S/C12H22O8/c1-5-2-3-6(14)12(18-5)20-10-7(4-13)19-11(17)9(16)8(10)15/h5-17H,2-4H2,1H3. The average Bonchev–Trinajstić information content (AvgIpc) is 2.43. The summed E-state index contributed by atoms with van der Waals surface area (Å²) in [6, 6.07) is 0. The molecule has 0 radical (unpaired) electrons. The van der Waals surface area contributed by atoms with Gasteiger partial charge >= 0.3 is 0 Å². The summed E-state index contributed by atoms with van der Waals surface area (Å²) in [4.78, 5) is 0. The van der Waals surface area contributed by atoms with Crippen LogP contribution in [0.25, 0.3) is 0 Å². The Morgan fingerprint density at radius 1 is 1.05 bits per heavy atom. The van der Waals surface area contributed by atoms with Crippen LogP contribution in [0.15, 0.2) is 0 Å². The molecule has 2 aliphatic rings. The van der Waals surface area contributed by atoms with Crippen molar-refractivity contribution >= 4 is 0 Å². The van der Waals surface area contributed by atoms with Gasteiger partial charge in [0.05, 0.1) is 12.7 Å². The van der Waals surface area contributed by atoms with Crippen LogP contribution in [0.3, 0.4) is 0 Å². The second-order valence-electron chi connectivity index (χ2n) is 5.29. The van der Waals surface area contributed by atoms with Crippen molar-refractivity contribution in [1.29, 1.82) is 0 Å². The summed E-state index contributed by atoms with van der Waals surface area (Å²) in [5, 5.41) is 48.0. The molecule has 2 fully saturated rings. The van der Waals surface area contributed by atoms with Crippen molar-refractivity contribution in [2.75, 3.05) is 6.61 Å². The predicted molar refractivity (Wildman–Crippen MR) is 64.4 cm³/mol. The molecule has 8 nitrogen and oxygen atoms in total. The van der Waals surface area contributed by atoms with Gasteiger partial charge in [-0.25, -0.2) is 0 Å². The lowest BCUT2D eigenvalue weighted by Gasteiger charge is -2.43. The number of aliphatic hydroxyl groups excluding tert-OH is 5. The van der Waals surface area contributed by atoms with Gasteiger partial charge in [0.15, 0.2) is 12.6 Å². The molecular formula is C12H22O8. The lowest BCUT2D eigenvalue weighted by atomic mass is 9.98. The van der Waals surface area contributed by atoms with E-state index in [1.807, 2.05) is 6.92 Å². The SMILES string of the molecule is CC1CCC(O)C(OC2C(CO)OC(O)C(O)C2O)O1. The summed E-state index contributed by atoms with van der Waals surface area (Å²) < 4.78 is 15.9. The van der Waals surface area contributed by atoms with Crippen LogP contribution in [0.2, 0.25) is 0 Å². The van der Waals surface area contributed by atoms with E-state index in [-0.39, 0.29) is 6.10 Å². The van der Waals surface area contributed by atoms with Gasteiger partial charge in [-0.15, -0.1) is 0 Å². The Labute approximate surface area is 116 Å². The van der Waals surface area contributed by atoms with Crippen LogP contribution in [0.4, 0.5) is 0 Å². The number of hydrogen-bond donors (Lipinski definition) is 5. The Hall–Kier alpha value is -0.320. The molecule has 2 heterocycles. The van der Waals surface area contributed by atoms with Crippen molar-refractivity contribution in [2.24, 2.45) is 0 Å². The molecule has 8 heteroatoms. The monoisotopic (exact) mass is 294 g/mol. The molecule has 2 rings (SSSR count). The molecule has 2 aliphatic heterocycles. The van der Waals surface area contributed by atoms with Crippen LogP contribution in [0, 0.1) is 0 Å². The third-order valence-electron chi connectivity index (χ3n) is 3.68. The predicted octanol–water partition coefficient (Wildman–Crippen LogP) is -2.31. The molecule has 0 aromatic carbocycles. The number of rotatable bonds is 3. The zero-order valence-corrected chi connectivity index (χ0v) is 11.2. The topological polar surface area (TPSA) is 129 Å². The molecule has 0 bridgehead atoms. The van der Waals surface area contributed by atoms with Crippen molar-refractivity contribution < 1.29 is 39.7 Å². The maximum absolute atomic E-state index is 9.93. The van der Waals surface area contributed by atoms with Crippen LogP contribution in [-0.4, -0.2) is 81.3 Å². The zero-order valence-electron chi connectivity index (χ0n) is 11.2. The first-order chi connectivity index (χ1) is 9.43. The molecule has 20 heavy (non-hydrogen) atoms. The minimum Gasteiger partial charge on any atom is -0.394 e. The van der Waals surface area contributed by atoms with E-state index in [1.54, 1.807) is 0 Å². The van der Waals surface area contributed by atoms with Crippen molar-refractivity contribution in [3.05, 3.63) is 0 Å². The van der Waals surface area contributed by atoms with Crippen LogP contribution >= 0.6 is 0 Å². The summed E-state index contributed by atoms with van der Waals surface area (Å²) >= 11 is 0. The molecular weight excluding hydrogens is 272 g/mol. The van der Waals surface area contributed by atoms with Gasteiger partial charge in [0.1, 0.15) is 30.5 Å². The quantitative estimate of drug-likeness (QED) is 0.393. The Kier molecular flexibility index (Phi) is 5.32. The van der Waals surface area contributed by atoms with E-state index in [2.05, 4.69) is 0 Å². The van der Waals surface area contributed by atoms with Gasteiger partial charge < -0.3 is 39.7 Å². The van der Waals surface area contributed by atoms with E-state index in [1.165, 1.54) is 0 Å². The molecule has 118 valence electrons. The molecule has 0 aromatic heterocycles. The van der Waals surface area contributed by atoms with Gasteiger partial charge in [-0.05, 0) is 19.8 Å². The van der Waals surface area contributed by atoms with E-state index in [0.29, 0.717) is 12.8 Å². The third kappa shape index (κ3) is 3.29. The van der Waals surface area contributed by atoms with Gasteiger partial charge in [0.2, 0.25) is 0 Å². The summed E-state index contributed by atoms with van der Waals surface area (Å²) in [5.74, 6) is 0. The largest absolute Gasteiger partial charge is 0.394 e. The molecule has 5 N–H and O–H groups in total. The molecule has 0 spiro atoms. The Balaban J connectivity index is 2.04. The highest BCUT2D eigenvalue weighted by Crippen LogP contribution is 2.27. The molecule has 8 atom stereocenters. The van der Waals surface area contributed by atoms with Gasteiger partial charge in [0, 0.05) is 0 Å². The lowest BCUT2D eigenvalue weighted by Crippen LogP contribution is -2.61. The molecule has 2 saturated heterocycles. The third-order valence-corrected chi connectivity index (χ3v) is 3.68. The fraction of sp³-hybridized carbons (Fsp3) is 1.00. The summed E-state index contributed by atoms with van der Waals surface area (Å²) in [7, 11) is 0. The summed E-state index contributed by atoms with van der Waals surface area (Å²) in [6.07, 6.45) is -7.49. The summed E-state index contributed by atoms with van der Waals surface area (Å²) in [5.41, 5.74) is 0. The van der Waals surface area contributed by atoms with E-state index in [9.17, 15) is 25.5 Å². The Morgan fingerprint density at radius 2 is 1.75 bits per heavy atom. The first-order valence-corrected chi connectivity index (χ1v) is 6.73.